The lowest BCUT2D eigenvalue weighted by Crippen LogP contribution is -2.46. The van der Waals surface area contributed by atoms with E-state index in [0.29, 0.717) is 5.56 Å². The van der Waals surface area contributed by atoms with E-state index in [-0.39, 0.29) is 24.6 Å². The molecule has 0 aromatic heterocycles. The van der Waals surface area contributed by atoms with Crippen LogP contribution in [0.3, 0.4) is 0 Å². The minimum Gasteiger partial charge on any atom is -0.508 e. The van der Waals surface area contributed by atoms with Crippen molar-refractivity contribution >= 4 is 18.4 Å². The largest absolute Gasteiger partial charge is 0.508 e. The molecule has 1 aromatic rings. The van der Waals surface area contributed by atoms with E-state index < -0.39 is 18.4 Å². The van der Waals surface area contributed by atoms with Crippen molar-refractivity contribution in [2.75, 3.05) is 0 Å². The van der Waals surface area contributed by atoms with Gasteiger partial charge in [-0.2, -0.15) is 0 Å². The molecule has 1 atom stereocenters. The zero-order valence-corrected chi connectivity index (χ0v) is 8.62. The summed E-state index contributed by atoms with van der Waals surface area (Å²) in [5.74, 6) is -1.56. The molecule has 4 N–H and O–H groups in total. The minimum atomic E-state index is -2.81. The normalized spacial score (nSPS) is 17.5. The van der Waals surface area contributed by atoms with Crippen LogP contribution in [-0.4, -0.2) is 21.7 Å². The summed E-state index contributed by atoms with van der Waals surface area (Å²) in [5.41, 5.74) is 3.57. The van der Waals surface area contributed by atoms with E-state index in [1.54, 1.807) is 0 Å². The van der Waals surface area contributed by atoms with Crippen molar-refractivity contribution in [2.24, 2.45) is 5.73 Å². The molecule has 1 unspecified atom stereocenters. The lowest BCUT2D eigenvalue weighted by molar-refractivity contribution is -0.142. The van der Waals surface area contributed by atoms with Gasteiger partial charge in [0.05, 0.1) is 0 Å². The van der Waals surface area contributed by atoms with Crippen LogP contribution in [0, 0.1) is 0 Å². The van der Waals surface area contributed by atoms with Crippen LogP contribution in [-0.2, 0) is 11.2 Å². The highest BCUT2D eigenvalue weighted by Crippen LogP contribution is 2.14. The Labute approximate surface area is 98.3 Å². The van der Waals surface area contributed by atoms with Gasteiger partial charge in [-0.15, -0.1) is 12.4 Å². The Bertz CT molecular complexity index is 421. The van der Waals surface area contributed by atoms with E-state index >= 15 is 0 Å². The van der Waals surface area contributed by atoms with Gasteiger partial charge in [-0.05, 0) is 24.5 Å². The number of nitrogens with two attached hydrogens (primary N) is 1. The van der Waals surface area contributed by atoms with E-state index in [4.69, 9.17) is 20.1 Å². The number of hydrogen-bond acceptors (Lipinski definition) is 3. The molecule has 84 valence electrons. The van der Waals surface area contributed by atoms with Gasteiger partial charge in [0, 0.05) is 10.5 Å². The molecule has 0 saturated carbocycles. The van der Waals surface area contributed by atoms with Gasteiger partial charge in [0.25, 0.3) is 0 Å². The number of carboxylic acids is 1. The Hall–Kier alpha value is -1.26. The molecule has 1 rings (SSSR count). The number of aliphatic carboxylic acids is 1. The van der Waals surface area contributed by atoms with Crippen molar-refractivity contribution in [3.05, 3.63) is 29.8 Å². The molecule has 0 amide bonds. The van der Waals surface area contributed by atoms with Crippen molar-refractivity contribution in [2.45, 2.75) is 18.8 Å². The molecule has 0 bridgehead atoms. The van der Waals surface area contributed by atoms with Crippen LogP contribution in [0.15, 0.2) is 24.3 Å². The topological polar surface area (TPSA) is 83.5 Å². The van der Waals surface area contributed by atoms with Crippen molar-refractivity contribution in [1.82, 2.24) is 0 Å². The van der Waals surface area contributed by atoms with Crippen molar-refractivity contribution < 1.29 is 19.1 Å². The molecule has 0 radical (unpaired) electrons. The van der Waals surface area contributed by atoms with E-state index in [0.717, 1.165) is 0 Å². The zero-order valence-electron chi connectivity index (χ0n) is 10.8. The van der Waals surface area contributed by atoms with Gasteiger partial charge < -0.3 is 15.9 Å². The van der Waals surface area contributed by atoms with Gasteiger partial charge in [0.1, 0.15) is 11.3 Å². The van der Waals surface area contributed by atoms with Crippen LogP contribution in [0.2, 0.25) is 0 Å². The molecule has 0 saturated heterocycles. The van der Waals surface area contributed by atoms with Crippen molar-refractivity contribution in [3.63, 3.8) is 0 Å². The maximum absolute atomic E-state index is 11.0. The number of benzene rings is 1. The van der Waals surface area contributed by atoms with E-state index in [2.05, 4.69) is 0 Å². The molecule has 15 heavy (non-hydrogen) atoms. The second kappa shape index (κ2) is 5.00. The van der Waals surface area contributed by atoms with E-state index in [1.807, 2.05) is 0 Å². The number of phenolic OH excluding ortho intramolecular Hbond substituents is 1. The fraction of sp³-hybridized carbons (Fsp3) is 0.300. The quantitative estimate of drug-likeness (QED) is 0.687. The van der Waals surface area contributed by atoms with Gasteiger partial charge in [-0.3, -0.25) is 4.79 Å². The number of carbonyl (C=O) groups is 1. The average molecular weight is 236 g/mol. The maximum Gasteiger partial charge on any atom is 0.323 e. The Morgan fingerprint density at radius 1 is 1.53 bits per heavy atom. The number of phenols is 1. The fourth-order valence-corrected chi connectivity index (χ4v) is 1.01. The van der Waals surface area contributed by atoms with Crippen LogP contribution < -0.4 is 5.73 Å². The molecule has 0 heterocycles. The number of rotatable bonds is 3. The molecule has 0 aliphatic heterocycles. The van der Waals surface area contributed by atoms with Crippen molar-refractivity contribution in [1.29, 1.82) is 0 Å². The molecule has 1 aromatic carbocycles. The summed E-state index contributed by atoms with van der Waals surface area (Å²) in [7, 11) is 0. The summed E-state index contributed by atoms with van der Waals surface area (Å²) in [6.45, 7) is -2.81. The third kappa shape index (κ3) is 3.77. The van der Waals surface area contributed by atoms with Crippen LogP contribution >= 0.6 is 12.4 Å². The first kappa shape index (κ1) is 9.00. The van der Waals surface area contributed by atoms with Gasteiger partial charge in [-0.1, -0.05) is 12.1 Å². The lowest BCUT2D eigenvalue weighted by atomic mass is 9.99. The standard InChI is InChI=1S/C10H13NO3.ClH/c1-10(11,9(13)14)6-7-2-4-8(12)5-3-7;/h2-5,12H,6,11H2,1H3,(H,13,14);1H/i1+1D3;. The van der Waals surface area contributed by atoms with Crippen LogP contribution in [0.1, 0.15) is 16.5 Å². The lowest BCUT2D eigenvalue weighted by Gasteiger charge is -2.18. The molecular formula is C10H14ClNO3. The summed E-state index contributed by atoms with van der Waals surface area (Å²) in [6.07, 6.45) is -0.334. The second-order valence-corrected chi connectivity index (χ2v) is 3.12. The highest BCUT2D eigenvalue weighted by atomic mass is 35.5. The Morgan fingerprint density at radius 2 is 2.07 bits per heavy atom. The number of hydrogen-bond donors (Lipinski definition) is 3. The Balaban J connectivity index is 0.00000289. The summed E-state index contributed by atoms with van der Waals surface area (Å²) in [5, 5.41) is 18.0. The van der Waals surface area contributed by atoms with Gasteiger partial charge >= 0.3 is 5.97 Å². The molecular weight excluding hydrogens is 219 g/mol. The predicted octanol–water partition coefficient (Wildman–Crippen LogP) is 1.16. The summed E-state index contributed by atoms with van der Waals surface area (Å²) in [6, 6.07) is 5.56. The summed E-state index contributed by atoms with van der Waals surface area (Å²) >= 11 is 0. The Morgan fingerprint density at radius 3 is 2.47 bits per heavy atom. The number of halogens is 1. The summed E-state index contributed by atoms with van der Waals surface area (Å²) in [4.78, 5) is 11.0. The highest BCUT2D eigenvalue weighted by Gasteiger charge is 2.27. The van der Waals surface area contributed by atoms with Crippen LogP contribution in [0.4, 0.5) is 0 Å². The second-order valence-electron chi connectivity index (χ2n) is 3.12. The SMILES string of the molecule is Cl.[2H][13C]([2H])([2H])C(N)(Cc1ccc(O)cc1)C(=O)O. The molecule has 0 aliphatic carbocycles. The third-order valence-electron chi connectivity index (χ3n) is 1.80. The molecule has 0 aliphatic rings. The van der Waals surface area contributed by atoms with Crippen molar-refractivity contribution in [3.8, 4) is 5.75 Å². The molecule has 0 spiro atoms. The first-order valence-corrected chi connectivity index (χ1v) is 3.97. The molecule has 5 heteroatoms. The molecule has 4 nitrogen and oxygen atoms in total. The van der Waals surface area contributed by atoms with Gasteiger partial charge in [0.15, 0.2) is 0 Å². The van der Waals surface area contributed by atoms with Gasteiger partial charge in [0.2, 0.25) is 0 Å². The number of carboxylic acid groups (broad SMARTS) is 1. The average Bonchev–Trinajstić information content (AvgIpc) is 2.19. The maximum atomic E-state index is 11.0. The fourth-order valence-electron chi connectivity index (χ4n) is 1.01. The van der Waals surface area contributed by atoms with Crippen LogP contribution in [0.25, 0.3) is 0 Å². The monoisotopic (exact) mass is 235 g/mol. The minimum absolute atomic E-state index is 0. The van der Waals surface area contributed by atoms with Crippen LogP contribution in [0.5, 0.6) is 5.75 Å². The summed E-state index contributed by atoms with van der Waals surface area (Å²) < 4.78 is 21.6. The molecule has 0 fully saturated rings. The number of aromatic hydroxyl groups is 1. The van der Waals surface area contributed by atoms with E-state index in [1.165, 1.54) is 24.3 Å². The first-order chi connectivity index (χ1) is 7.67. The van der Waals surface area contributed by atoms with Gasteiger partial charge in [-0.25, -0.2) is 0 Å². The first-order valence-electron chi connectivity index (χ1n) is 5.47. The van der Waals surface area contributed by atoms with E-state index in [9.17, 15) is 4.79 Å². The zero-order chi connectivity index (χ0) is 13.3. The third-order valence-corrected chi connectivity index (χ3v) is 1.80. The Kier molecular flexibility index (Phi) is 3.00. The smallest absolute Gasteiger partial charge is 0.323 e. The predicted molar refractivity (Wildman–Crippen MR) is 59.3 cm³/mol. The highest BCUT2D eigenvalue weighted by molar-refractivity contribution is 5.85.